The van der Waals surface area contributed by atoms with Gasteiger partial charge in [0, 0.05) is 18.0 Å². The molecule has 1 amide bonds. The second-order valence-electron chi connectivity index (χ2n) is 6.99. The highest BCUT2D eigenvalue weighted by Gasteiger charge is 2.37. The van der Waals surface area contributed by atoms with Crippen LogP contribution in [0.3, 0.4) is 0 Å². The molecule has 0 radical (unpaired) electrons. The van der Waals surface area contributed by atoms with Crippen LogP contribution in [0.4, 0.5) is 4.39 Å². The molecular formula is C19H22FN3O2. The average Bonchev–Trinajstić information content (AvgIpc) is 3.31. The number of hydrogen-bond acceptors (Lipinski definition) is 4. The Balaban J connectivity index is 1.52. The molecule has 2 heterocycles. The molecule has 0 unspecified atom stereocenters. The Morgan fingerprint density at radius 1 is 1.08 bits per heavy atom. The first-order chi connectivity index (χ1) is 12.2. The van der Waals surface area contributed by atoms with Gasteiger partial charge in [0.1, 0.15) is 11.9 Å². The molecule has 0 bridgehead atoms. The van der Waals surface area contributed by atoms with Crippen molar-refractivity contribution in [2.24, 2.45) is 5.92 Å². The zero-order chi connectivity index (χ0) is 17.2. The summed E-state index contributed by atoms with van der Waals surface area (Å²) in [6.07, 6.45) is 7.31. The zero-order valence-corrected chi connectivity index (χ0v) is 14.2. The Bertz CT molecular complexity index is 737. The number of aromatic nitrogens is 2. The van der Waals surface area contributed by atoms with Crippen molar-refractivity contribution in [3.63, 3.8) is 0 Å². The molecule has 1 aromatic heterocycles. The molecule has 1 saturated carbocycles. The first-order valence-electron chi connectivity index (χ1n) is 9.12. The van der Waals surface area contributed by atoms with Crippen molar-refractivity contribution in [1.82, 2.24) is 15.0 Å². The van der Waals surface area contributed by atoms with Crippen LogP contribution in [0.15, 0.2) is 28.8 Å². The molecule has 2 fully saturated rings. The van der Waals surface area contributed by atoms with E-state index in [9.17, 15) is 9.18 Å². The van der Waals surface area contributed by atoms with Gasteiger partial charge in [-0.2, -0.15) is 4.98 Å². The summed E-state index contributed by atoms with van der Waals surface area (Å²) < 4.78 is 18.5. The molecule has 0 spiro atoms. The van der Waals surface area contributed by atoms with Crippen molar-refractivity contribution in [1.29, 1.82) is 0 Å². The van der Waals surface area contributed by atoms with Crippen molar-refractivity contribution in [2.45, 2.75) is 51.0 Å². The third-order valence-electron chi connectivity index (χ3n) is 5.32. The number of rotatable bonds is 3. The topological polar surface area (TPSA) is 59.2 Å². The molecule has 2 aliphatic rings. The van der Waals surface area contributed by atoms with Crippen molar-refractivity contribution < 1.29 is 13.7 Å². The molecule has 6 heteroatoms. The third-order valence-corrected chi connectivity index (χ3v) is 5.32. The van der Waals surface area contributed by atoms with E-state index < -0.39 is 0 Å². The Morgan fingerprint density at radius 3 is 2.60 bits per heavy atom. The van der Waals surface area contributed by atoms with E-state index in [4.69, 9.17) is 4.52 Å². The SMILES string of the molecule is O=C(C1CCCCC1)N1CCC[C@H]1c1nc(-c2ccc(F)cc2)no1. The highest BCUT2D eigenvalue weighted by Crippen LogP contribution is 2.35. The Labute approximate surface area is 146 Å². The summed E-state index contributed by atoms with van der Waals surface area (Å²) >= 11 is 0. The van der Waals surface area contributed by atoms with Gasteiger partial charge in [-0.05, 0) is 49.9 Å². The van der Waals surface area contributed by atoms with E-state index in [2.05, 4.69) is 10.1 Å². The fourth-order valence-corrected chi connectivity index (χ4v) is 3.96. The van der Waals surface area contributed by atoms with Gasteiger partial charge in [-0.1, -0.05) is 24.4 Å². The normalized spacial score (nSPS) is 21.6. The number of benzene rings is 1. The highest BCUT2D eigenvalue weighted by atomic mass is 19.1. The summed E-state index contributed by atoms with van der Waals surface area (Å²) in [4.78, 5) is 19.3. The number of carbonyl (C=O) groups excluding carboxylic acids is 1. The van der Waals surface area contributed by atoms with Gasteiger partial charge in [0.15, 0.2) is 0 Å². The number of carbonyl (C=O) groups is 1. The van der Waals surface area contributed by atoms with Gasteiger partial charge in [0.05, 0.1) is 0 Å². The lowest BCUT2D eigenvalue weighted by Crippen LogP contribution is -2.36. The van der Waals surface area contributed by atoms with Crippen LogP contribution in [0.5, 0.6) is 0 Å². The average molecular weight is 343 g/mol. The van der Waals surface area contributed by atoms with Gasteiger partial charge in [0.25, 0.3) is 0 Å². The number of halogens is 1. The lowest BCUT2D eigenvalue weighted by molar-refractivity contribution is -0.138. The van der Waals surface area contributed by atoms with Crippen LogP contribution in [0.2, 0.25) is 0 Å². The van der Waals surface area contributed by atoms with E-state index in [-0.39, 0.29) is 23.7 Å². The van der Waals surface area contributed by atoms with Crippen LogP contribution in [-0.4, -0.2) is 27.5 Å². The van der Waals surface area contributed by atoms with E-state index in [1.54, 1.807) is 12.1 Å². The summed E-state index contributed by atoms with van der Waals surface area (Å²) in [6, 6.07) is 5.88. The molecule has 1 atom stereocenters. The minimum absolute atomic E-state index is 0.129. The summed E-state index contributed by atoms with van der Waals surface area (Å²) in [5.41, 5.74) is 0.708. The lowest BCUT2D eigenvalue weighted by atomic mass is 9.88. The van der Waals surface area contributed by atoms with E-state index >= 15 is 0 Å². The van der Waals surface area contributed by atoms with E-state index in [1.165, 1.54) is 18.6 Å². The molecule has 1 saturated heterocycles. The molecule has 132 valence electrons. The first-order valence-corrected chi connectivity index (χ1v) is 9.12. The Hall–Kier alpha value is -2.24. The van der Waals surface area contributed by atoms with Crippen LogP contribution in [-0.2, 0) is 4.79 Å². The first kappa shape index (κ1) is 16.2. The minimum atomic E-state index is -0.299. The number of hydrogen-bond donors (Lipinski definition) is 0. The van der Waals surface area contributed by atoms with E-state index in [0.29, 0.717) is 17.3 Å². The highest BCUT2D eigenvalue weighted by molar-refractivity contribution is 5.79. The van der Waals surface area contributed by atoms with Gasteiger partial charge in [0.2, 0.25) is 17.6 Å². The summed E-state index contributed by atoms with van der Waals surface area (Å²) in [5, 5.41) is 4.02. The molecule has 4 rings (SSSR count). The minimum Gasteiger partial charge on any atom is -0.337 e. The second-order valence-corrected chi connectivity index (χ2v) is 6.99. The Kier molecular flexibility index (Phi) is 4.51. The Morgan fingerprint density at radius 2 is 1.84 bits per heavy atom. The standard InChI is InChI=1S/C19H22FN3O2/c20-15-10-8-13(9-11-15)17-21-18(25-22-17)16-7-4-12-23(16)19(24)14-5-2-1-3-6-14/h8-11,14,16H,1-7,12H2/t16-/m0/s1. The number of amides is 1. The lowest BCUT2D eigenvalue weighted by Gasteiger charge is -2.29. The molecular weight excluding hydrogens is 321 g/mol. The van der Waals surface area contributed by atoms with Crippen LogP contribution in [0.25, 0.3) is 11.4 Å². The monoisotopic (exact) mass is 343 g/mol. The smallest absolute Gasteiger partial charge is 0.249 e. The van der Waals surface area contributed by atoms with Gasteiger partial charge in [-0.25, -0.2) is 4.39 Å². The summed E-state index contributed by atoms with van der Waals surface area (Å²) in [6.45, 7) is 0.758. The predicted octanol–water partition coefficient (Wildman–Crippen LogP) is 4.12. The van der Waals surface area contributed by atoms with Gasteiger partial charge in [-0.3, -0.25) is 4.79 Å². The fraction of sp³-hybridized carbons (Fsp3) is 0.526. The second kappa shape index (κ2) is 6.94. The largest absolute Gasteiger partial charge is 0.337 e. The van der Waals surface area contributed by atoms with Crippen molar-refractivity contribution in [3.05, 3.63) is 36.0 Å². The number of nitrogens with zero attached hydrogens (tertiary/aromatic N) is 3. The number of likely N-dealkylation sites (tertiary alicyclic amines) is 1. The van der Waals surface area contributed by atoms with Gasteiger partial charge < -0.3 is 9.42 Å². The predicted molar refractivity (Wildman–Crippen MR) is 90.0 cm³/mol. The molecule has 25 heavy (non-hydrogen) atoms. The quantitative estimate of drug-likeness (QED) is 0.841. The van der Waals surface area contributed by atoms with Crippen molar-refractivity contribution in [2.75, 3.05) is 6.54 Å². The maximum atomic E-state index is 13.1. The van der Waals surface area contributed by atoms with Gasteiger partial charge in [-0.15, -0.1) is 0 Å². The molecule has 2 aromatic rings. The summed E-state index contributed by atoms with van der Waals surface area (Å²) in [7, 11) is 0. The maximum Gasteiger partial charge on any atom is 0.249 e. The molecule has 1 aliphatic carbocycles. The third kappa shape index (κ3) is 3.30. The van der Waals surface area contributed by atoms with Crippen molar-refractivity contribution >= 4 is 5.91 Å². The maximum absolute atomic E-state index is 13.1. The summed E-state index contributed by atoms with van der Waals surface area (Å²) in [5.74, 6) is 1.01. The molecule has 1 aliphatic heterocycles. The fourth-order valence-electron chi connectivity index (χ4n) is 3.96. The molecule has 0 N–H and O–H groups in total. The van der Waals surface area contributed by atoms with Crippen LogP contribution in [0.1, 0.15) is 56.9 Å². The molecule has 1 aromatic carbocycles. The molecule has 5 nitrogen and oxygen atoms in total. The van der Waals surface area contributed by atoms with Gasteiger partial charge >= 0.3 is 0 Å². The van der Waals surface area contributed by atoms with Crippen LogP contribution < -0.4 is 0 Å². The zero-order valence-electron chi connectivity index (χ0n) is 14.2. The van der Waals surface area contributed by atoms with E-state index in [1.807, 2.05) is 4.90 Å². The van der Waals surface area contributed by atoms with Crippen molar-refractivity contribution in [3.8, 4) is 11.4 Å². The van der Waals surface area contributed by atoms with E-state index in [0.717, 1.165) is 45.1 Å². The van der Waals surface area contributed by atoms with Crippen LogP contribution >= 0.6 is 0 Å². The van der Waals surface area contributed by atoms with Crippen LogP contribution in [0, 0.1) is 11.7 Å².